The highest BCUT2D eigenvalue weighted by atomic mass is 16.5. The van der Waals surface area contributed by atoms with Crippen LogP contribution in [0.5, 0.6) is 0 Å². The Morgan fingerprint density at radius 3 is 2.54 bits per heavy atom. The lowest BCUT2D eigenvalue weighted by molar-refractivity contribution is 0.107. The minimum Gasteiger partial charge on any atom is -0.380 e. The average Bonchev–Trinajstić information content (AvgIpc) is 2.63. The van der Waals surface area contributed by atoms with Gasteiger partial charge in [0.05, 0.1) is 6.10 Å². The number of hydrogen-bond donors (Lipinski definition) is 2. The van der Waals surface area contributed by atoms with Crippen molar-refractivity contribution in [2.24, 2.45) is 5.73 Å². The van der Waals surface area contributed by atoms with Crippen molar-refractivity contribution in [2.75, 3.05) is 20.2 Å². The molecule has 1 fully saturated rings. The summed E-state index contributed by atoms with van der Waals surface area (Å²) in [5.74, 6) is 0. The van der Waals surface area contributed by atoms with Crippen LogP contribution in [0.15, 0.2) is 0 Å². The molecule has 0 radical (unpaired) electrons. The first-order chi connectivity index (χ1) is 6.22. The van der Waals surface area contributed by atoms with Crippen molar-refractivity contribution in [3.05, 3.63) is 0 Å². The van der Waals surface area contributed by atoms with Crippen molar-refractivity contribution in [2.45, 2.75) is 44.2 Å². The second kappa shape index (κ2) is 4.94. The van der Waals surface area contributed by atoms with E-state index in [9.17, 15) is 0 Å². The molecule has 0 saturated heterocycles. The van der Waals surface area contributed by atoms with E-state index in [4.69, 9.17) is 10.5 Å². The van der Waals surface area contributed by atoms with Crippen LogP contribution in [0.3, 0.4) is 0 Å². The Bertz CT molecular complexity index is 144. The molecule has 1 unspecified atom stereocenters. The second-order valence-electron chi connectivity index (χ2n) is 4.12. The van der Waals surface area contributed by atoms with Gasteiger partial charge < -0.3 is 15.8 Å². The zero-order valence-electron chi connectivity index (χ0n) is 8.81. The summed E-state index contributed by atoms with van der Waals surface area (Å²) in [5.41, 5.74) is 6.01. The van der Waals surface area contributed by atoms with Gasteiger partial charge in [-0.1, -0.05) is 12.8 Å². The number of nitrogens with two attached hydrogens (primary N) is 1. The fraction of sp³-hybridized carbons (Fsp3) is 1.00. The predicted molar refractivity (Wildman–Crippen MR) is 54.7 cm³/mol. The van der Waals surface area contributed by atoms with Gasteiger partial charge in [-0.3, -0.25) is 0 Å². The number of hydrogen-bond acceptors (Lipinski definition) is 3. The summed E-state index contributed by atoms with van der Waals surface area (Å²) in [5, 5.41) is 3.55. The molecule has 1 rings (SSSR count). The summed E-state index contributed by atoms with van der Waals surface area (Å²) in [6, 6.07) is 0. The maximum Gasteiger partial charge on any atom is 0.0667 e. The highest BCUT2D eigenvalue weighted by Crippen LogP contribution is 2.28. The Kier molecular flexibility index (Phi) is 4.16. The lowest BCUT2D eigenvalue weighted by atomic mass is 9.98. The van der Waals surface area contributed by atoms with Crippen molar-refractivity contribution >= 4 is 0 Å². The van der Waals surface area contributed by atoms with Gasteiger partial charge in [0.15, 0.2) is 0 Å². The molecule has 1 aliphatic rings. The molecule has 0 aliphatic heterocycles. The van der Waals surface area contributed by atoms with E-state index in [1.807, 2.05) is 0 Å². The van der Waals surface area contributed by atoms with Gasteiger partial charge in [-0.25, -0.2) is 0 Å². The van der Waals surface area contributed by atoms with E-state index in [1.54, 1.807) is 7.11 Å². The molecular weight excluding hydrogens is 164 g/mol. The number of ether oxygens (including phenoxy) is 1. The standard InChI is InChI=1S/C10H22N2O/c1-9(13-2)7-12-10(8-11)5-3-4-6-10/h9,12H,3-8,11H2,1-2H3. The van der Waals surface area contributed by atoms with Crippen molar-refractivity contribution in [1.82, 2.24) is 5.32 Å². The van der Waals surface area contributed by atoms with Crippen LogP contribution in [0.2, 0.25) is 0 Å². The van der Waals surface area contributed by atoms with E-state index in [1.165, 1.54) is 25.7 Å². The molecular formula is C10H22N2O. The van der Waals surface area contributed by atoms with Gasteiger partial charge in [0.1, 0.15) is 0 Å². The number of rotatable bonds is 5. The summed E-state index contributed by atoms with van der Waals surface area (Å²) < 4.78 is 5.20. The van der Waals surface area contributed by atoms with Gasteiger partial charge in [0.2, 0.25) is 0 Å². The molecule has 1 aliphatic carbocycles. The molecule has 0 aromatic carbocycles. The molecule has 0 aromatic heterocycles. The Labute approximate surface area is 81.0 Å². The van der Waals surface area contributed by atoms with Crippen LogP contribution < -0.4 is 11.1 Å². The van der Waals surface area contributed by atoms with Crippen molar-refractivity contribution in [3.8, 4) is 0 Å². The summed E-state index contributed by atoms with van der Waals surface area (Å²) in [6.07, 6.45) is 5.35. The van der Waals surface area contributed by atoms with Crippen molar-refractivity contribution in [1.29, 1.82) is 0 Å². The van der Waals surface area contributed by atoms with Crippen LogP contribution in [-0.2, 0) is 4.74 Å². The smallest absolute Gasteiger partial charge is 0.0667 e. The third kappa shape index (κ3) is 2.93. The maximum absolute atomic E-state index is 5.79. The minimum atomic E-state index is 0.215. The van der Waals surface area contributed by atoms with Crippen LogP contribution in [0, 0.1) is 0 Å². The molecule has 1 atom stereocenters. The van der Waals surface area contributed by atoms with Crippen LogP contribution in [0.4, 0.5) is 0 Å². The summed E-state index contributed by atoms with van der Waals surface area (Å²) >= 11 is 0. The second-order valence-corrected chi connectivity index (χ2v) is 4.12. The van der Waals surface area contributed by atoms with Gasteiger partial charge in [-0.15, -0.1) is 0 Å². The van der Waals surface area contributed by atoms with Gasteiger partial charge in [0.25, 0.3) is 0 Å². The van der Waals surface area contributed by atoms with Gasteiger partial charge in [-0.2, -0.15) is 0 Å². The van der Waals surface area contributed by atoms with Crippen LogP contribution in [0.25, 0.3) is 0 Å². The Morgan fingerprint density at radius 1 is 1.46 bits per heavy atom. The first-order valence-corrected chi connectivity index (χ1v) is 5.20. The average molecular weight is 186 g/mol. The maximum atomic E-state index is 5.79. The molecule has 3 heteroatoms. The van der Waals surface area contributed by atoms with E-state index in [0.29, 0.717) is 0 Å². The van der Waals surface area contributed by atoms with Gasteiger partial charge >= 0.3 is 0 Å². The molecule has 78 valence electrons. The first kappa shape index (κ1) is 11.0. The fourth-order valence-corrected chi connectivity index (χ4v) is 1.95. The molecule has 0 aromatic rings. The highest BCUT2D eigenvalue weighted by Gasteiger charge is 2.31. The van der Waals surface area contributed by atoms with Crippen LogP contribution in [-0.4, -0.2) is 31.8 Å². The van der Waals surface area contributed by atoms with Crippen LogP contribution >= 0.6 is 0 Å². The minimum absolute atomic E-state index is 0.215. The highest BCUT2D eigenvalue weighted by molar-refractivity contribution is 4.93. The third-order valence-corrected chi connectivity index (χ3v) is 3.12. The molecule has 13 heavy (non-hydrogen) atoms. The number of methoxy groups -OCH3 is 1. The van der Waals surface area contributed by atoms with Crippen molar-refractivity contribution in [3.63, 3.8) is 0 Å². The topological polar surface area (TPSA) is 47.3 Å². The van der Waals surface area contributed by atoms with E-state index < -0.39 is 0 Å². The Balaban J connectivity index is 2.31. The summed E-state index contributed by atoms with van der Waals surface area (Å²) in [6.45, 7) is 3.74. The molecule has 0 spiro atoms. The van der Waals surface area contributed by atoms with E-state index >= 15 is 0 Å². The van der Waals surface area contributed by atoms with Gasteiger partial charge in [0, 0.05) is 25.7 Å². The zero-order chi connectivity index (χ0) is 9.73. The quantitative estimate of drug-likeness (QED) is 0.670. The zero-order valence-corrected chi connectivity index (χ0v) is 8.81. The Morgan fingerprint density at radius 2 is 2.08 bits per heavy atom. The monoisotopic (exact) mass is 186 g/mol. The molecule has 0 amide bonds. The van der Waals surface area contributed by atoms with E-state index in [-0.39, 0.29) is 11.6 Å². The van der Waals surface area contributed by atoms with Crippen LogP contribution in [0.1, 0.15) is 32.6 Å². The lowest BCUT2D eigenvalue weighted by Gasteiger charge is -2.30. The largest absolute Gasteiger partial charge is 0.380 e. The first-order valence-electron chi connectivity index (χ1n) is 5.20. The third-order valence-electron chi connectivity index (χ3n) is 3.12. The normalized spacial score (nSPS) is 23.3. The SMILES string of the molecule is COC(C)CNC1(CN)CCCC1. The fourth-order valence-electron chi connectivity index (χ4n) is 1.95. The Hall–Kier alpha value is -0.120. The molecule has 3 nitrogen and oxygen atoms in total. The molecule has 0 bridgehead atoms. The number of nitrogens with one attached hydrogen (secondary N) is 1. The van der Waals surface area contributed by atoms with Crippen molar-refractivity contribution < 1.29 is 4.74 Å². The molecule has 1 saturated carbocycles. The predicted octanol–water partition coefficient (Wildman–Crippen LogP) is 0.882. The lowest BCUT2D eigenvalue weighted by Crippen LogP contribution is -2.51. The van der Waals surface area contributed by atoms with E-state index in [2.05, 4.69) is 12.2 Å². The van der Waals surface area contributed by atoms with Gasteiger partial charge in [-0.05, 0) is 19.8 Å². The van der Waals surface area contributed by atoms with E-state index in [0.717, 1.165) is 13.1 Å². The molecule has 0 heterocycles. The summed E-state index contributed by atoms with van der Waals surface area (Å²) in [4.78, 5) is 0. The summed E-state index contributed by atoms with van der Waals surface area (Å²) in [7, 11) is 1.75. The molecule has 3 N–H and O–H groups in total.